The van der Waals surface area contributed by atoms with E-state index in [1.807, 2.05) is 0 Å². The number of nitrogens with one attached hydrogen (secondary N) is 1. The lowest BCUT2D eigenvalue weighted by Crippen LogP contribution is -2.42. The van der Waals surface area contributed by atoms with Gasteiger partial charge in [-0.15, -0.1) is 0 Å². The van der Waals surface area contributed by atoms with Gasteiger partial charge in [0.05, 0.1) is 6.10 Å². The van der Waals surface area contributed by atoms with Crippen LogP contribution in [0.25, 0.3) is 0 Å². The largest absolute Gasteiger partial charge is 0.376 e. The topological polar surface area (TPSA) is 36.3 Å². The molecule has 0 aromatic rings. The highest BCUT2D eigenvalue weighted by Crippen LogP contribution is 2.20. The molecule has 0 bridgehead atoms. The Labute approximate surface area is 93.3 Å². The smallest absolute Gasteiger partial charge is 0.101 e. The molecule has 0 aliphatic carbocycles. The highest BCUT2D eigenvalue weighted by Gasteiger charge is 2.25. The van der Waals surface area contributed by atoms with Crippen LogP contribution in [0.4, 0.5) is 0 Å². The van der Waals surface area contributed by atoms with Gasteiger partial charge in [-0.05, 0) is 19.8 Å². The number of hydrogen-bond acceptors (Lipinski definition) is 2. The third-order valence-electron chi connectivity index (χ3n) is 2.86. The zero-order chi connectivity index (χ0) is 11.5. The highest BCUT2D eigenvalue weighted by atomic mass is 16.5. The summed E-state index contributed by atoms with van der Waals surface area (Å²) in [7, 11) is 0. The molecule has 0 aromatic heterocycles. The van der Waals surface area contributed by atoms with E-state index in [2.05, 4.69) is 32.6 Å². The van der Waals surface area contributed by atoms with Gasteiger partial charge in [-0.1, -0.05) is 20.8 Å². The van der Waals surface area contributed by atoms with E-state index in [1.165, 1.54) is 6.42 Å². The second-order valence-corrected chi connectivity index (χ2v) is 5.27. The molecule has 1 saturated heterocycles. The van der Waals surface area contributed by atoms with Gasteiger partial charge in [0, 0.05) is 25.1 Å². The molecular formula is C12H24N2O. The van der Waals surface area contributed by atoms with Crippen LogP contribution in [-0.2, 0) is 4.74 Å². The van der Waals surface area contributed by atoms with Crippen LogP contribution in [0.3, 0.4) is 0 Å². The Balaban J connectivity index is 2.51. The summed E-state index contributed by atoms with van der Waals surface area (Å²) >= 11 is 0. The maximum Gasteiger partial charge on any atom is 0.101 e. The standard InChI is InChI=1S/C12H24N2O/c1-5-14(11(13)12(2,3)4)9-10-7-6-8-15-10/h10,13H,5-9H2,1-4H3. The lowest BCUT2D eigenvalue weighted by molar-refractivity contribution is 0.0902. The van der Waals surface area contributed by atoms with E-state index < -0.39 is 0 Å². The first kappa shape index (κ1) is 12.5. The molecule has 0 amide bonds. The van der Waals surface area contributed by atoms with Gasteiger partial charge < -0.3 is 9.64 Å². The molecule has 15 heavy (non-hydrogen) atoms. The van der Waals surface area contributed by atoms with E-state index in [-0.39, 0.29) is 5.41 Å². The zero-order valence-corrected chi connectivity index (χ0v) is 10.5. The Morgan fingerprint density at radius 3 is 2.53 bits per heavy atom. The fraction of sp³-hybridized carbons (Fsp3) is 0.917. The maximum absolute atomic E-state index is 8.13. The van der Waals surface area contributed by atoms with Crippen LogP contribution in [-0.4, -0.2) is 36.5 Å². The molecule has 88 valence electrons. The van der Waals surface area contributed by atoms with Crippen LogP contribution >= 0.6 is 0 Å². The van der Waals surface area contributed by atoms with Crippen molar-refractivity contribution in [3.63, 3.8) is 0 Å². The van der Waals surface area contributed by atoms with E-state index >= 15 is 0 Å². The molecule has 1 unspecified atom stereocenters. The molecule has 0 radical (unpaired) electrons. The Hall–Kier alpha value is -0.570. The van der Waals surface area contributed by atoms with E-state index in [4.69, 9.17) is 10.1 Å². The van der Waals surface area contributed by atoms with Crippen molar-refractivity contribution in [2.75, 3.05) is 19.7 Å². The van der Waals surface area contributed by atoms with Crippen molar-refractivity contribution in [1.82, 2.24) is 4.90 Å². The zero-order valence-electron chi connectivity index (χ0n) is 10.5. The van der Waals surface area contributed by atoms with Gasteiger partial charge in [-0.2, -0.15) is 0 Å². The minimum atomic E-state index is -0.0609. The first-order valence-electron chi connectivity index (χ1n) is 5.90. The van der Waals surface area contributed by atoms with Crippen LogP contribution in [0.15, 0.2) is 0 Å². The van der Waals surface area contributed by atoms with E-state index in [0.717, 1.165) is 32.0 Å². The number of rotatable bonds is 3. The highest BCUT2D eigenvalue weighted by molar-refractivity contribution is 5.84. The molecule has 1 atom stereocenters. The van der Waals surface area contributed by atoms with Crippen LogP contribution in [0.5, 0.6) is 0 Å². The average molecular weight is 212 g/mol. The number of hydrogen-bond donors (Lipinski definition) is 1. The van der Waals surface area contributed by atoms with E-state index in [0.29, 0.717) is 6.10 Å². The fourth-order valence-corrected chi connectivity index (χ4v) is 1.89. The number of likely N-dealkylation sites (N-methyl/N-ethyl adjacent to an activating group) is 1. The number of ether oxygens (including phenoxy) is 1. The molecule has 1 rings (SSSR count). The predicted molar refractivity (Wildman–Crippen MR) is 63.4 cm³/mol. The van der Waals surface area contributed by atoms with Crippen molar-refractivity contribution in [2.24, 2.45) is 5.41 Å². The summed E-state index contributed by atoms with van der Waals surface area (Å²) < 4.78 is 5.61. The third-order valence-corrected chi connectivity index (χ3v) is 2.86. The normalized spacial score (nSPS) is 21.7. The fourth-order valence-electron chi connectivity index (χ4n) is 1.89. The summed E-state index contributed by atoms with van der Waals surface area (Å²) in [5, 5.41) is 8.13. The van der Waals surface area contributed by atoms with Crippen molar-refractivity contribution < 1.29 is 4.74 Å². The van der Waals surface area contributed by atoms with Crippen LogP contribution < -0.4 is 0 Å². The molecule has 3 heteroatoms. The molecule has 0 saturated carbocycles. The second-order valence-electron chi connectivity index (χ2n) is 5.27. The first-order chi connectivity index (χ1) is 6.95. The summed E-state index contributed by atoms with van der Waals surface area (Å²) in [6.07, 6.45) is 2.66. The number of amidine groups is 1. The van der Waals surface area contributed by atoms with Gasteiger partial charge >= 0.3 is 0 Å². The number of nitrogens with zero attached hydrogens (tertiary/aromatic N) is 1. The molecule has 1 fully saturated rings. The molecule has 1 N–H and O–H groups in total. The maximum atomic E-state index is 8.13. The van der Waals surface area contributed by atoms with Crippen molar-refractivity contribution in [3.8, 4) is 0 Å². The lowest BCUT2D eigenvalue weighted by Gasteiger charge is -2.33. The monoisotopic (exact) mass is 212 g/mol. The quantitative estimate of drug-likeness (QED) is 0.576. The average Bonchev–Trinajstić information content (AvgIpc) is 2.64. The Morgan fingerprint density at radius 1 is 1.47 bits per heavy atom. The lowest BCUT2D eigenvalue weighted by atomic mass is 9.94. The molecule has 1 aliphatic heterocycles. The van der Waals surface area contributed by atoms with Gasteiger partial charge in [0.1, 0.15) is 5.84 Å². The van der Waals surface area contributed by atoms with Crippen molar-refractivity contribution in [1.29, 1.82) is 5.41 Å². The molecule has 1 aliphatic rings. The second kappa shape index (κ2) is 4.97. The Morgan fingerprint density at radius 2 is 2.13 bits per heavy atom. The third kappa shape index (κ3) is 3.49. The molecule has 0 spiro atoms. The van der Waals surface area contributed by atoms with Crippen molar-refractivity contribution in [3.05, 3.63) is 0 Å². The van der Waals surface area contributed by atoms with Gasteiger partial charge in [0.15, 0.2) is 0 Å². The molecule has 3 nitrogen and oxygen atoms in total. The van der Waals surface area contributed by atoms with Gasteiger partial charge in [0.25, 0.3) is 0 Å². The van der Waals surface area contributed by atoms with Crippen molar-refractivity contribution in [2.45, 2.75) is 46.6 Å². The van der Waals surface area contributed by atoms with Gasteiger partial charge in [-0.25, -0.2) is 0 Å². The molecule has 0 aromatic carbocycles. The summed E-state index contributed by atoms with van der Waals surface area (Å²) in [6.45, 7) is 11.1. The summed E-state index contributed by atoms with van der Waals surface area (Å²) in [5.41, 5.74) is -0.0609. The molecule has 1 heterocycles. The molecular weight excluding hydrogens is 188 g/mol. The SMILES string of the molecule is CCN(CC1CCCO1)C(=N)C(C)(C)C. The summed E-state index contributed by atoms with van der Waals surface area (Å²) in [5.74, 6) is 0.723. The van der Waals surface area contributed by atoms with Crippen LogP contribution in [0, 0.1) is 10.8 Å². The summed E-state index contributed by atoms with van der Waals surface area (Å²) in [4.78, 5) is 2.13. The minimum absolute atomic E-state index is 0.0609. The summed E-state index contributed by atoms with van der Waals surface area (Å²) in [6, 6.07) is 0. The van der Waals surface area contributed by atoms with E-state index in [1.54, 1.807) is 0 Å². The van der Waals surface area contributed by atoms with Crippen molar-refractivity contribution >= 4 is 5.84 Å². The van der Waals surface area contributed by atoms with E-state index in [9.17, 15) is 0 Å². The Kier molecular flexibility index (Phi) is 4.14. The predicted octanol–water partition coefficient (Wildman–Crippen LogP) is 2.51. The van der Waals surface area contributed by atoms with Crippen LogP contribution in [0.1, 0.15) is 40.5 Å². The van der Waals surface area contributed by atoms with Crippen LogP contribution in [0.2, 0.25) is 0 Å². The first-order valence-corrected chi connectivity index (χ1v) is 5.90. The van der Waals surface area contributed by atoms with Gasteiger partial charge in [-0.3, -0.25) is 5.41 Å². The van der Waals surface area contributed by atoms with Gasteiger partial charge in [0.2, 0.25) is 0 Å². The Bertz CT molecular complexity index is 214. The minimum Gasteiger partial charge on any atom is -0.376 e.